The van der Waals surface area contributed by atoms with Gasteiger partial charge in [0.1, 0.15) is 54.2 Å². The second-order valence-corrected chi connectivity index (χ2v) is 35.2. The van der Waals surface area contributed by atoms with Crippen LogP contribution in [-0.2, 0) is 117 Å². The van der Waals surface area contributed by atoms with Gasteiger partial charge in [0, 0.05) is 95.4 Å². The van der Waals surface area contributed by atoms with Crippen molar-refractivity contribution in [2.24, 2.45) is 29.6 Å². The van der Waals surface area contributed by atoms with E-state index < -0.39 is 143 Å². The van der Waals surface area contributed by atoms with Crippen molar-refractivity contribution in [1.82, 2.24) is 40.3 Å². The summed E-state index contributed by atoms with van der Waals surface area (Å²) in [5, 5.41) is 65.7. The Morgan fingerprint density at radius 2 is 1.25 bits per heavy atom. The van der Waals surface area contributed by atoms with Gasteiger partial charge in [0.05, 0.1) is 146 Å². The Morgan fingerprint density at radius 3 is 1.83 bits per heavy atom. The Kier molecular flexibility index (Phi) is 45.4. The number of aryl methyl sites for hydroxylation is 1. The van der Waals surface area contributed by atoms with Gasteiger partial charge in [-0.05, 0) is 86.3 Å². The first-order valence-corrected chi connectivity index (χ1v) is 45.8. The van der Waals surface area contributed by atoms with Crippen LogP contribution in [0.5, 0.6) is 5.75 Å². The van der Waals surface area contributed by atoms with Crippen molar-refractivity contribution in [3.05, 3.63) is 142 Å². The maximum absolute atomic E-state index is 15.0. The van der Waals surface area contributed by atoms with Crippen LogP contribution in [0.3, 0.4) is 0 Å². The zero-order valence-electron chi connectivity index (χ0n) is 76.5. The summed E-state index contributed by atoms with van der Waals surface area (Å²) in [5.41, 5.74) is 3.11. The number of likely N-dealkylation sites (N-methyl/N-ethyl adjacent to an activating group) is 2. The lowest BCUT2D eigenvalue weighted by Crippen LogP contribution is -2.61. The van der Waals surface area contributed by atoms with Crippen molar-refractivity contribution in [2.45, 2.75) is 205 Å². The highest BCUT2D eigenvalue weighted by molar-refractivity contribution is 7.91. The van der Waals surface area contributed by atoms with E-state index in [1.54, 1.807) is 106 Å². The van der Waals surface area contributed by atoms with Crippen molar-refractivity contribution < 1.29 is 139 Å². The summed E-state index contributed by atoms with van der Waals surface area (Å²) in [4.78, 5) is 140. The molecule has 0 aliphatic carbocycles. The number of likely N-dealkylation sites (tertiary alicyclic amines) is 1. The number of aliphatic hydroxyl groups excluding tert-OH is 3. The van der Waals surface area contributed by atoms with E-state index in [9.17, 15) is 77.1 Å². The molecule has 7 N–H and O–H groups in total. The number of hydrogen-bond acceptors (Lipinski definition) is 29. The van der Waals surface area contributed by atoms with Gasteiger partial charge in [-0.25, -0.2) is 22.7 Å². The molecule has 2 aliphatic heterocycles. The van der Waals surface area contributed by atoms with Gasteiger partial charge >= 0.3 is 18.0 Å². The zero-order valence-corrected chi connectivity index (χ0v) is 77.3. The minimum absolute atomic E-state index is 0.0117. The Morgan fingerprint density at radius 1 is 0.654 bits per heavy atom. The standard InChI is InChI=1S/C92H132N8O29S/c1-13-61(7)80(76(118-11)54-77(104)100-35-17-21-71(100)84(119-12)62(8)74(103)53-67(89(111)112)51-63-19-15-14-16-20-63)97(9)88(110)78(58(2)3)94-87(109)79(59(4)5)98(10)92(115)127-56-68-52-66(29-32-75(68)128-91-83(107)81(105)82(106)85(129-91)90(113)114)86(108)93-34-38-121-41-44-124-45-42-122-39-36-99-55-69(95-96-99)57-126-49-48-125-47-46-123-43-40-120-37-18-22-72(101)64-25-27-65(28-26-64)73(102)33-50-130(116,117)70-30-23-60(6)24-31-70/h14-16,19-20,23-32,52,55,58-59,61-62,67,71,76,78-85,91,105-107H,13,17-18,21-22,33-51,53-54,56-57H2,1-12H3,(H,93,108)(H,94,109)(H,111,112)(H,113,114)/t61?,62-,67?,71-,76+,78-,79-,80-,81-,82-,83+,84+,85-,91?/m0/s1. The Balaban J connectivity index is 0.791. The molecule has 0 spiro atoms. The van der Waals surface area contributed by atoms with Gasteiger partial charge in [0.15, 0.2) is 27.5 Å². The molecular formula is C92H132N8O29S. The van der Waals surface area contributed by atoms with Gasteiger partial charge < -0.3 is 103 Å². The number of nitrogens with zero attached hydrogens (tertiary/aromatic N) is 6. The summed E-state index contributed by atoms with van der Waals surface area (Å²) in [6.07, 6.45) is -8.96. The lowest BCUT2D eigenvalue weighted by molar-refractivity contribution is -0.271. The number of Topliss-reactive ketones (excluding diaryl/α,β-unsaturated/α-hetero) is 3. The number of methoxy groups -OCH3 is 2. The predicted molar refractivity (Wildman–Crippen MR) is 471 cm³/mol. The molecule has 720 valence electrons. The number of aliphatic hydroxyl groups is 3. The normalized spacial score (nSPS) is 18.3. The number of carboxylic acids is 2. The van der Waals surface area contributed by atoms with E-state index in [-0.39, 0.29) is 135 Å². The third-order valence-electron chi connectivity index (χ3n) is 22.9. The van der Waals surface area contributed by atoms with Crippen LogP contribution >= 0.6 is 0 Å². The van der Waals surface area contributed by atoms with E-state index in [0.29, 0.717) is 108 Å². The van der Waals surface area contributed by atoms with Gasteiger partial charge in [-0.15, -0.1) is 5.10 Å². The third kappa shape index (κ3) is 33.3. The highest BCUT2D eigenvalue weighted by Crippen LogP contribution is 2.34. The van der Waals surface area contributed by atoms with Gasteiger partial charge in [0.25, 0.3) is 5.91 Å². The number of nitrogens with one attached hydrogen (secondary N) is 2. The molecule has 3 heterocycles. The van der Waals surface area contributed by atoms with Crippen LogP contribution in [0, 0.1) is 36.5 Å². The molecule has 0 radical (unpaired) electrons. The van der Waals surface area contributed by atoms with Crippen LogP contribution in [0.25, 0.3) is 0 Å². The molecule has 7 rings (SSSR count). The maximum Gasteiger partial charge on any atom is 0.410 e. The number of carbonyl (C=O) groups is 10. The summed E-state index contributed by atoms with van der Waals surface area (Å²) in [6, 6.07) is 21.9. The van der Waals surface area contributed by atoms with E-state index in [0.717, 1.165) is 16.0 Å². The number of carboxylic acid groups (broad SMARTS) is 2. The largest absolute Gasteiger partial charge is 0.481 e. The Hall–Kier alpha value is -9.65. The quantitative estimate of drug-likeness (QED) is 0.0169. The number of hydrogen-bond donors (Lipinski definition) is 7. The number of rotatable bonds is 61. The Labute approximate surface area is 759 Å². The Bertz CT molecular complexity index is 4510. The SMILES string of the molecule is CCC(C)[C@@H]([C@@H](CC(=O)N1CCC[C@H]1[C@H](OC)[C@@H](C)C(=O)CC(Cc1ccccc1)C(=O)O)OC)N(C)C(=O)[C@@H](NC(=O)[C@H](C(C)C)N(C)C(=O)OCc1cc(C(=O)NCCOCCOCCOCCn2cc(COCCOCCOCCOCCCC(=O)c3ccc(C(=O)CCS(=O)(=O)c4ccc(C)cc4)cc3)nn2)ccc1OC1O[C@H](C(=O)O)[C@@H](O)[C@H](O)[C@H]1O)C(C)C. The molecule has 4 aromatic carbocycles. The molecule has 2 fully saturated rings. The summed E-state index contributed by atoms with van der Waals surface area (Å²) >= 11 is 0. The lowest BCUT2D eigenvalue weighted by Gasteiger charge is -2.41. The molecule has 38 heteroatoms. The zero-order chi connectivity index (χ0) is 95.2. The second kappa shape index (κ2) is 55.0. The molecule has 0 bridgehead atoms. The van der Waals surface area contributed by atoms with Crippen LogP contribution < -0.4 is 15.4 Å². The first-order chi connectivity index (χ1) is 62.1. The van der Waals surface area contributed by atoms with Crippen molar-refractivity contribution in [2.75, 3.05) is 133 Å². The van der Waals surface area contributed by atoms with Crippen LogP contribution in [0.1, 0.15) is 153 Å². The second-order valence-electron chi connectivity index (χ2n) is 33.1. The molecule has 5 aromatic rings. The van der Waals surface area contributed by atoms with Crippen LogP contribution in [-0.4, -0.2) is 323 Å². The number of ketones is 3. The summed E-state index contributed by atoms with van der Waals surface area (Å²) in [5.74, 6) is -9.31. The minimum Gasteiger partial charge on any atom is -0.481 e. The number of aromatic nitrogens is 3. The average molecular weight is 1850 g/mol. The smallest absolute Gasteiger partial charge is 0.410 e. The molecule has 2 aliphatic rings. The molecule has 1 aromatic heterocycles. The number of amides is 5. The fourth-order valence-electron chi connectivity index (χ4n) is 15.3. The molecule has 0 saturated carbocycles. The number of sulfone groups is 1. The monoisotopic (exact) mass is 1840 g/mol. The van der Waals surface area contributed by atoms with E-state index in [2.05, 4.69) is 20.9 Å². The molecule has 37 nitrogen and oxygen atoms in total. The number of benzene rings is 4. The summed E-state index contributed by atoms with van der Waals surface area (Å²) in [7, 11) is 2.20. The first kappa shape index (κ1) is 107. The van der Waals surface area contributed by atoms with Crippen molar-refractivity contribution in [3.8, 4) is 5.75 Å². The van der Waals surface area contributed by atoms with Crippen LogP contribution in [0.2, 0.25) is 0 Å². The first-order valence-electron chi connectivity index (χ1n) is 44.1. The van der Waals surface area contributed by atoms with E-state index in [1.165, 1.54) is 56.5 Å². The van der Waals surface area contributed by atoms with E-state index in [1.807, 2.05) is 39.0 Å². The summed E-state index contributed by atoms with van der Waals surface area (Å²) < 4.78 is 95.5. The fraction of sp³-hybridized carbons (Fsp3) is 0.609. The number of carbonyl (C=O) groups excluding carboxylic acids is 8. The topological polar surface area (TPSA) is 481 Å². The third-order valence-corrected chi connectivity index (χ3v) is 24.7. The molecule has 5 amide bonds. The van der Waals surface area contributed by atoms with Crippen molar-refractivity contribution in [1.29, 1.82) is 0 Å². The predicted octanol–water partition coefficient (Wildman–Crippen LogP) is 6.17. The minimum atomic E-state index is -3.61. The maximum atomic E-state index is 15.0. The van der Waals surface area contributed by atoms with Crippen LogP contribution in [0.4, 0.5) is 4.79 Å². The molecular weight excluding hydrogens is 1710 g/mol. The van der Waals surface area contributed by atoms with Crippen molar-refractivity contribution in [3.63, 3.8) is 0 Å². The average Bonchev–Trinajstić information content (AvgIpc) is 0.865. The highest BCUT2D eigenvalue weighted by atomic mass is 32.2. The van der Waals surface area contributed by atoms with Gasteiger partial charge in [0.2, 0.25) is 24.0 Å². The molecule has 2 saturated heterocycles. The summed E-state index contributed by atoms with van der Waals surface area (Å²) in [6.45, 7) is 18.3. The highest BCUT2D eigenvalue weighted by Gasteiger charge is 2.49. The molecule has 130 heavy (non-hydrogen) atoms. The number of ether oxygens (including phenoxy) is 12. The van der Waals surface area contributed by atoms with Crippen molar-refractivity contribution >= 4 is 68.8 Å². The van der Waals surface area contributed by atoms with Gasteiger partial charge in [-0.1, -0.05) is 132 Å². The van der Waals surface area contributed by atoms with E-state index in [4.69, 9.17) is 56.8 Å². The fourth-order valence-corrected chi connectivity index (χ4v) is 16.6. The van der Waals surface area contributed by atoms with Gasteiger partial charge in [-0.2, -0.15) is 0 Å². The molecule has 14 atom stereocenters. The lowest BCUT2D eigenvalue weighted by atomic mass is 9.85. The van der Waals surface area contributed by atoms with E-state index >= 15 is 4.79 Å². The van der Waals surface area contributed by atoms with Gasteiger partial charge in [-0.3, -0.25) is 43.3 Å². The molecule has 3 unspecified atom stereocenters. The number of aliphatic carboxylic acids is 2. The van der Waals surface area contributed by atoms with Crippen LogP contribution in [0.15, 0.2) is 108 Å².